The molecule has 0 saturated carbocycles. The highest BCUT2D eigenvalue weighted by Gasteiger charge is 2.25. The van der Waals surface area contributed by atoms with Gasteiger partial charge in [0, 0.05) is 38.7 Å². The Bertz CT molecular complexity index is 320. The summed E-state index contributed by atoms with van der Waals surface area (Å²) in [6.45, 7) is 5.22. The van der Waals surface area contributed by atoms with Crippen molar-refractivity contribution >= 4 is 11.6 Å². The predicted octanol–water partition coefficient (Wildman–Crippen LogP) is 1.18. The fourth-order valence-corrected chi connectivity index (χ4v) is 2.20. The van der Waals surface area contributed by atoms with Crippen LogP contribution in [0.3, 0.4) is 0 Å². The average Bonchev–Trinajstić information content (AvgIpc) is 2.30. The zero-order chi connectivity index (χ0) is 12.1. The lowest BCUT2D eigenvalue weighted by Crippen LogP contribution is -2.40. The van der Waals surface area contributed by atoms with Gasteiger partial charge in [0.2, 0.25) is 5.91 Å². The summed E-state index contributed by atoms with van der Waals surface area (Å²) >= 11 is 0. The maximum Gasteiger partial charge on any atom is 0.219 e. The van der Waals surface area contributed by atoms with E-state index in [2.05, 4.69) is 4.99 Å². The molecule has 1 saturated heterocycles. The van der Waals surface area contributed by atoms with E-state index < -0.39 is 0 Å². The van der Waals surface area contributed by atoms with Gasteiger partial charge >= 0.3 is 0 Å². The van der Waals surface area contributed by atoms with Gasteiger partial charge in [0.1, 0.15) is 0 Å². The first kappa shape index (κ1) is 12.7. The highest BCUT2D eigenvalue weighted by atomic mass is 16.2. The van der Waals surface area contributed by atoms with Gasteiger partial charge in [0.05, 0.1) is 0 Å². The van der Waals surface area contributed by atoms with Crippen LogP contribution in [-0.4, -0.2) is 36.7 Å². The number of carbonyl (C=O) groups excluding carboxylic acids is 1. The van der Waals surface area contributed by atoms with Gasteiger partial charge in [0.25, 0.3) is 0 Å². The molecule has 0 aromatic carbocycles. The molecule has 4 nitrogen and oxygen atoms in total. The van der Waals surface area contributed by atoms with Gasteiger partial charge < -0.3 is 10.6 Å². The Balaban J connectivity index is 2.76. The molecule has 1 unspecified atom stereocenters. The number of likely N-dealkylation sites (tertiary alicyclic amines) is 1. The number of hydrogen-bond acceptors (Lipinski definition) is 3. The van der Waals surface area contributed by atoms with Crippen LogP contribution in [0.2, 0.25) is 0 Å². The number of aliphatic imine (C=N–C) groups is 1. The van der Waals surface area contributed by atoms with Gasteiger partial charge in [-0.3, -0.25) is 9.79 Å². The van der Waals surface area contributed by atoms with Crippen molar-refractivity contribution in [3.05, 3.63) is 11.8 Å². The van der Waals surface area contributed by atoms with Crippen LogP contribution in [0, 0.1) is 5.92 Å². The molecule has 90 valence electrons. The molecule has 0 bridgehead atoms. The van der Waals surface area contributed by atoms with Crippen LogP contribution in [0.4, 0.5) is 0 Å². The summed E-state index contributed by atoms with van der Waals surface area (Å²) in [4.78, 5) is 17.4. The van der Waals surface area contributed by atoms with Gasteiger partial charge in [-0.2, -0.15) is 0 Å². The third kappa shape index (κ3) is 2.84. The summed E-state index contributed by atoms with van der Waals surface area (Å²) in [5, 5.41) is 0. The third-order valence-corrected chi connectivity index (χ3v) is 3.24. The minimum atomic E-state index is 0.146. The van der Waals surface area contributed by atoms with Gasteiger partial charge in [-0.05, 0) is 31.5 Å². The molecule has 2 N–H and O–H groups in total. The van der Waals surface area contributed by atoms with Crippen LogP contribution >= 0.6 is 0 Å². The molecule has 1 atom stereocenters. The average molecular weight is 223 g/mol. The van der Waals surface area contributed by atoms with E-state index in [-0.39, 0.29) is 5.91 Å². The Kier molecular flexibility index (Phi) is 4.52. The zero-order valence-corrected chi connectivity index (χ0v) is 10.4. The highest BCUT2D eigenvalue weighted by molar-refractivity contribution is 5.98. The summed E-state index contributed by atoms with van der Waals surface area (Å²) in [5.41, 5.74) is 7.70. The second kappa shape index (κ2) is 5.68. The number of hydrogen-bond donors (Lipinski definition) is 1. The molecule has 1 aliphatic heterocycles. The lowest BCUT2D eigenvalue weighted by molar-refractivity contribution is -0.130. The molecular weight excluding hydrogens is 202 g/mol. The van der Waals surface area contributed by atoms with E-state index in [9.17, 15) is 4.79 Å². The monoisotopic (exact) mass is 223 g/mol. The molecule has 0 aromatic heterocycles. The van der Waals surface area contributed by atoms with Gasteiger partial charge in [-0.15, -0.1) is 0 Å². The van der Waals surface area contributed by atoms with Crippen molar-refractivity contribution < 1.29 is 4.79 Å². The van der Waals surface area contributed by atoms with Crippen molar-refractivity contribution in [2.24, 2.45) is 16.6 Å². The molecule has 0 aliphatic carbocycles. The first-order valence-corrected chi connectivity index (χ1v) is 5.71. The molecule has 1 aliphatic rings. The largest absolute Gasteiger partial charge is 0.404 e. The fourth-order valence-electron chi connectivity index (χ4n) is 2.20. The Labute approximate surface area is 97.2 Å². The Hall–Kier alpha value is -1.32. The summed E-state index contributed by atoms with van der Waals surface area (Å²) < 4.78 is 0. The van der Waals surface area contributed by atoms with E-state index in [1.165, 1.54) is 0 Å². The summed E-state index contributed by atoms with van der Waals surface area (Å²) in [6, 6.07) is 0. The molecule has 4 heteroatoms. The van der Waals surface area contributed by atoms with Gasteiger partial charge in [-0.25, -0.2) is 0 Å². The lowest BCUT2D eigenvalue weighted by atomic mass is 9.88. The topological polar surface area (TPSA) is 58.7 Å². The molecule has 0 aromatic rings. The summed E-state index contributed by atoms with van der Waals surface area (Å²) in [6.07, 6.45) is 3.76. The molecule has 16 heavy (non-hydrogen) atoms. The van der Waals surface area contributed by atoms with Crippen molar-refractivity contribution in [1.82, 2.24) is 4.90 Å². The Morgan fingerprint density at radius 1 is 1.50 bits per heavy atom. The van der Waals surface area contributed by atoms with Crippen LogP contribution in [0.1, 0.15) is 26.7 Å². The van der Waals surface area contributed by atoms with E-state index in [1.54, 1.807) is 20.2 Å². The third-order valence-electron chi connectivity index (χ3n) is 3.24. The van der Waals surface area contributed by atoms with Crippen molar-refractivity contribution in [2.45, 2.75) is 26.7 Å². The SMILES string of the molecule is CN=C(C)/C(=C\N)C1CCCN(C(C)=O)C1. The van der Waals surface area contributed by atoms with Gasteiger partial charge in [0.15, 0.2) is 0 Å². The van der Waals surface area contributed by atoms with E-state index in [0.29, 0.717) is 5.92 Å². The van der Waals surface area contributed by atoms with E-state index in [4.69, 9.17) is 5.73 Å². The van der Waals surface area contributed by atoms with E-state index in [1.807, 2.05) is 11.8 Å². The molecule has 0 radical (unpaired) electrons. The van der Waals surface area contributed by atoms with Crippen molar-refractivity contribution in [2.75, 3.05) is 20.1 Å². The van der Waals surface area contributed by atoms with E-state index >= 15 is 0 Å². The number of piperidine rings is 1. The van der Waals surface area contributed by atoms with Crippen LogP contribution < -0.4 is 5.73 Å². The highest BCUT2D eigenvalue weighted by Crippen LogP contribution is 2.24. The quantitative estimate of drug-likeness (QED) is 0.715. The molecule has 1 amide bonds. The van der Waals surface area contributed by atoms with Crippen LogP contribution in [0.25, 0.3) is 0 Å². The molecule has 0 spiro atoms. The van der Waals surface area contributed by atoms with Crippen LogP contribution in [-0.2, 0) is 4.79 Å². The first-order chi connectivity index (χ1) is 7.60. The zero-order valence-electron chi connectivity index (χ0n) is 10.4. The predicted molar refractivity (Wildman–Crippen MR) is 66.3 cm³/mol. The minimum Gasteiger partial charge on any atom is -0.404 e. The Morgan fingerprint density at radius 3 is 2.69 bits per heavy atom. The number of rotatable bonds is 2. The standard InChI is InChI=1S/C12H21N3O/c1-9(14-3)12(7-13)11-5-4-6-15(8-11)10(2)16/h7,11H,4-6,8,13H2,1-3H3/b12-7+,14-9?. The maximum atomic E-state index is 11.3. The van der Waals surface area contributed by atoms with Gasteiger partial charge in [-0.1, -0.05) is 0 Å². The van der Waals surface area contributed by atoms with Crippen molar-refractivity contribution in [3.8, 4) is 0 Å². The molecule has 1 heterocycles. The number of amides is 1. The number of nitrogens with zero attached hydrogens (tertiary/aromatic N) is 2. The van der Waals surface area contributed by atoms with Crippen LogP contribution in [0.15, 0.2) is 16.8 Å². The number of nitrogens with two attached hydrogens (primary N) is 1. The van der Waals surface area contributed by atoms with Crippen LogP contribution in [0.5, 0.6) is 0 Å². The molecule has 1 fully saturated rings. The molecule has 1 rings (SSSR count). The van der Waals surface area contributed by atoms with Crippen molar-refractivity contribution in [3.63, 3.8) is 0 Å². The van der Waals surface area contributed by atoms with E-state index in [0.717, 1.165) is 37.2 Å². The molecular formula is C12H21N3O. The smallest absolute Gasteiger partial charge is 0.219 e. The summed E-state index contributed by atoms with van der Waals surface area (Å²) in [5.74, 6) is 0.485. The fraction of sp³-hybridized carbons (Fsp3) is 0.667. The second-order valence-electron chi connectivity index (χ2n) is 4.24. The first-order valence-electron chi connectivity index (χ1n) is 5.71. The second-order valence-corrected chi connectivity index (χ2v) is 4.24. The lowest BCUT2D eigenvalue weighted by Gasteiger charge is -2.33. The normalized spacial score (nSPS) is 23.4. The summed E-state index contributed by atoms with van der Waals surface area (Å²) in [7, 11) is 1.77. The van der Waals surface area contributed by atoms with Crippen molar-refractivity contribution in [1.29, 1.82) is 0 Å². The Morgan fingerprint density at radius 2 is 2.19 bits per heavy atom. The maximum absolute atomic E-state index is 11.3. The minimum absolute atomic E-state index is 0.146. The number of carbonyl (C=O) groups is 1.